The van der Waals surface area contributed by atoms with Crippen molar-refractivity contribution in [2.75, 3.05) is 32.5 Å². The van der Waals surface area contributed by atoms with Gasteiger partial charge in [-0.15, -0.1) is 0 Å². The summed E-state index contributed by atoms with van der Waals surface area (Å²) >= 11 is 0. The summed E-state index contributed by atoms with van der Waals surface area (Å²) in [6.07, 6.45) is 0.756. The Labute approximate surface area is 325 Å². The summed E-state index contributed by atoms with van der Waals surface area (Å²) in [7, 11) is 3.35. The van der Waals surface area contributed by atoms with Crippen LogP contribution in [0.2, 0.25) is 0 Å². The van der Waals surface area contributed by atoms with E-state index in [1.54, 1.807) is 38.4 Å². The van der Waals surface area contributed by atoms with Crippen molar-refractivity contribution in [2.45, 2.75) is 65.3 Å². The number of hydrogen-bond donors (Lipinski definition) is 7. The molecular formula is C41H51FN8O6. The number of anilines is 1. The van der Waals surface area contributed by atoms with Gasteiger partial charge in [-0.2, -0.15) is 0 Å². The maximum atomic E-state index is 14.3. The largest absolute Gasteiger partial charge is 0.445 e. The molecule has 2 heterocycles. The number of nitrogens with zero attached hydrogens (tertiary/aromatic N) is 1. The van der Waals surface area contributed by atoms with Gasteiger partial charge in [0.05, 0.1) is 11.6 Å². The number of nitrogens with two attached hydrogens (primary N) is 1. The predicted molar refractivity (Wildman–Crippen MR) is 212 cm³/mol. The van der Waals surface area contributed by atoms with E-state index in [0.717, 1.165) is 27.8 Å². The first-order valence-corrected chi connectivity index (χ1v) is 18.8. The second kappa shape index (κ2) is 18.6. The van der Waals surface area contributed by atoms with Crippen LogP contribution in [0.4, 0.5) is 19.7 Å². The van der Waals surface area contributed by atoms with Gasteiger partial charge >= 0.3 is 12.1 Å². The number of H-pyrrole nitrogens is 1. The molecule has 1 aliphatic heterocycles. The molecule has 0 bridgehead atoms. The molecule has 8 N–H and O–H groups in total. The van der Waals surface area contributed by atoms with Crippen LogP contribution in [0.25, 0.3) is 22.2 Å². The topological polar surface area (TPSA) is 200 Å². The smallest absolute Gasteiger partial charge is 0.410 e. The van der Waals surface area contributed by atoms with E-state index in [1.165, 1.54) is 17.0 Å². The molecular weight excluding hydrogens is 719 g/mol. The Hall–Kier alpha value is -5.96. The molecule has 1 aromatic heterocycles. The van der Waals surface area contributed by atoms with Crippen LogP contribution < -0.4 is 32.3 Å². The van der Waals surface area contributed by atoms with Crippen LogP contribution in [0.5, 0.6) is 0 Å². The van der Waals surface area contributed by atoms with Gasteiger partial charge in [0, 0.05) is 49.0 Å². The first-order valence-electron chi connectivity index (χ1n) is 18.8. The highest BCUT2D eigenvalue weighted by Gasteiger charge is 2.30. The summed E-state index contributed by atoms with van der Waals surface area (Å²) in [6.45, 7) is 7.02. The van der Waals surface area contributed by atoms with E-state index in [2.05, 4.69) is 31.6 Å². The number of benzene rings is 3. The molecule has 5 rings (SSSR count). The second-order valence-corrected chi connectivity index (χ2v) is 14.5. The molecule has 1 aliphatic rings. The summed E-state index contributed by atoms with van der Waals surface area (Å²) in [5, 5.41) is 14.8. The van der Waals surface area contributed by atoms with E-state index in [-0.39, 0.29) is 43.2 Å². The maximum Gasteiger partial charge on any atom is 0.410 e. The number of amides is 6. The molecule has 3 atom stereocenters. The molecule has 0 spiro atoms. The Kier molecular flexibility index (Phi) is 13.7. The Morgan fingerprint density at radius 3 is 2.34 bits per heavy atom. The fourth-order valence-electron chi connectivity index (χ4n) is 6.79. The number of rotatable bonds is 16. The third-order valence-corrected chi connectivity index (χ3v) is 10.2. The average molecular weight is 771 g/mol. The lowest BCUT2D eigenvalue weighted by Crippen LogP contribution is -2.53. The number of hydrogen-bond acceptors (Lipinski definition) is 7. The number of nitrogens with one attached hydrogen (secondary N) is 6. The number of aromatic amines is 1. The number of ether oxygens (including phenoxy) is 1. The van der Waals surface area contributed by atoms with Crippen LogP contribution in [0.15, 0.2) is 60.7 Å². The van der Waals surface area contributed by atoms with E-state index in [9.17, 15) is 28.4 Å². The molecule has 0 radical (unpaired) electrons. The normalized spacial score (nSPS) is 13.9. The summed E-state index contributed by atoms with van der Waals surface area (Å²) in [5.74, 6) is -1.24. The van der Waals surface area contributed by atoms with Gasteiger partial charge in [-0.05, 0) is 84.7 Å². The zero-order chi connectivity index (χ0) is 40.5. The standard InChI is InChI=1S/C41H51FN8O6/c1-23(2)24(3)35(44-4)39(53)49-32(7-6-17-46-40(43)54)38(52)47-29-14-10-26(11-15-29)22-56-41(55)50(5)21-25-8-12-27(13-9-25)36-30-16-18-45-37(51)31-19-28(42)20-33(48-36)34(30)31/h8-15,19-20,23-24,32,35,44,48H,6-7,16-18,21-22H2,1-5H3,(H,45,51)(H,47,52)(H,49,53)(H3,43,46,54)/t24?,32-,35-/m0/s1. The van der Waals surface area contributed by atoms with Gasteiger partial charge in [0.25, 0.3) is 5.91 Å². The number of carbonyl (C=O) groups is 5. The quantitative estimate of drug-likeness (QED) is 0.0795. The average Bonchev–Trinajstić information content (AvgIpc) is 3.44. The molecule has 4 aromatic rings. The predicted octanol–water partition coefficient (Wildman–Crippen LogP) is 4.78. The molecule has 15 heteroatoms. The first-order chi connectivity index (χ1) is 26.7. The van der Waals surface area contributed by atoms with Crippen molar-refractivity contribution >= 4 is 46.4 Å². The second-order valence-electron chi connectivity index (χ2n) is 14.5. The summed E-state index contributed by atoms with van der Waals surface area (Å²) < 4.78 is 19.8. The SMILES string of the molecule is CN[C@H](C(=O)N[C@@H](CCCNC(N)=O)C(=O)Nc1ccc(COC(=O)N(C)Cc2ccc(-c3[nH]c4cc(F)cc5c4c3CCNC5=O)cc2)cc1)C(C)C(C)C. The Morgan fingerprint density at radius 2 is 1.68 bits per heavy atom. The molecule has 0 saturated heterocycles. The van der Waals surface area contributed by atoms with Crippen molar-refractivity contribution in [3.8, 4) is 11.3 Å². The minimum absolute atomic E-state index is 0.00439. The number of halogens is 1. The van der Waals surface area contributed by atoms with Crippen molar-refractivity contribution in [3.05, 3.63) is 88.7 Å². The third-order valence-electron chi connectivity index (χ3n) is 10.2. The lowest BCUT2D eigenvalue weighted by atomic mass is 9.89. The maximum absolute atomic E-state index is 14.3. The lowest BCUT2D eigenvalue weighted by Gasteiger charge is -2.28. The molecule has 14 nitrogen and oxygen atoms in total. The van der Waals surface area contributed by atoms with Crippen molar-refractivity contribution in [1.82, 2.24) is 31.2 Å². The van der Waals surface area contributed by atoms with Gasteiger partial charge in [0.1, 0.15) is 18.5 Å². The highest BCUT2D eigenvalue weighted by Crippen LogP contribution is 2.35. The minimum Gasteiger partial charge on any atom is -0.445 e. The van der Waals surface area contributed by atoms with Crippen LogP contribution in [0.1, 0.15) is 60.7 Å². The van der Waals surface area contributed by atoms with Crippen molar-refractivity contribution < 1.29 is 33.1 Å². The highest BCUT2D eigenvalue weighted by atomic mass is 19.1. The van der Waals surface area contributed by atoms with Gasteiger partial charge in [0.15, 0.2) is 0 Å². The summed E-state index contributed by atoms with van der Waals surface area (Å²) in [5.41, 5.74) is 10.8. The van der Waals surface area contributed by atoms with Crippen LogP contribution >= 0.6 is 0 Å². The van der Waals surface area contributed by atoms with Crippen molar-refractivity contribution in [3.63, 3.8) is 0 Å². The van der Waals surface area contributed by atoms with E-state index < -0.39 is 35.9 Å². The van der Waals surface area contributed by atoms with Crippen LogP contribution in [-0.4, -0.2) is 79.0 Å². The Morgan fingerprint density at radius 1 is 0.982 bits per heavy atom. The number of carbonyl (C=O) groups excluding carboxylic acids is 5. The molecule has 1 unspecified atom stereocenters. The summed E-state index contributed by atoms with van der Waals surface area (Å²) in [4.78, 5) is 67.9. The van der Waals surface area contributed by atoms with Crippen LogP contribution in [0, 0.1) is 17.7 Å². The van der Waals surface area contributed by atoms with E-state index in [1.807, 2.05) is 45.0 Å². The van der Waals surface area contributed by atoms with E-state index >= 15 is 0 Å². The first kappa shape index (κ1) is 41.2. The van der Waals surface area contributed by atoms with Gasteiger partial charge < -0.3 is 46.9 Å². The highest BCUT2D eigenvalue weighted by molar-refractivity contribution is 6.10. The number of urea groups is 1. The van der Waals surface area contributed by atoms with Gasteiger partial charge in [-0.25, -0.2) is 14.0 Å². The fourth-order valence-corrected chi connectivity index (χ4v) is 6.79. The monoisotopic (exact) mass is 770 g/mol. The molecule has 298 valence electrons. The lowest BCUT2D eigenvalue weighted by molar-refractivity contribution is -0.129. The van der Waals surface area contributed by atoms with Crippen LogP contribution in [0.3, 0.4) is 0 Å². The minimum atomic E-state index is -0.867. The molecule has 0 fully saturated rings. The van der Waals surface area contributed by atoms with Crippen LogP contribution in [-0.2, 0) is 33.9 Å². The van der Waals surface area contributed by atoms with E-state index in [0.29, 0.717) is 48.3 Å². The molecule has 6 amide bonds. The number of aromatic nitrogens is 1. The Balaban J connectivity index is 1.15. The molecule has 3 aromatic carbocycles. The summed E-state index contributed by atoms with van der Waals surface area (Å²) in [6, 6.07) is 15.1. The Bertz CT molecular complexity index is 2050. The fraction of sp³-hybridized carbons (Fsp3) is 0.390. The van der Waals surface area contributed by atoms with Gasteiger partial charge in [0.2, 0.25) is 11.8 Å². The molecule has 0 saturated carbocycles. The third kappa shape index (κ3) is 10.2. The van der Waals surface area contributed by atoms with Crippen molar-refractivity contribution in [1.29, 1.82) is 0 Å². The van der Waals surface area contributed by atoms with Gasteiger partial charge in [-0.1, -0.05) is 57.2 Å². The molecule has 56 heavy (non-hydrogen) atoms. The molecule has 0 aliphatic carbocycles. The van der Waals surface area contributed by atoms with Gasteiger partial charge in [-0.3, -0.25) is 14.4 Å². The zero-order valence-electron chi connectivity index (χ0n) is 32.4. The van der Waals surface area contributed by atoms with Crippen molar-refractivity contribution in [2.24, 2.45) is 17.6 Å². The van der Waals surface area contributed by atoms with E-state index in [4.69, 9.17) is 10.5 Å². The zero-order valence-corrected chi connectivity index (χ0v) is 32.4. The number of likely N-dealkylation sites (N-methyl/N-ethyl adjacent to an activating group) is 1. The number of primary amides is 1.